The molecule has 0 fully saturated rings. The Kier molecular flexibility index (Phi) is 15.6. The number of para-hydroxylation sites is 1. The molecule has 1 unspecified atom stereocenters. The molecule has 0 saturated carbocycles. The van der Waals surface area contributed by atoms with E-state index in [0.29, 0.717) is 48.5 Å². The molecule has 9 N–H and O–H groups in total. The fourth-order valence-corrected chi connectivity index (χ4v) is 8.27. The van der Waals surface area contributed by atoms with Gasteiger partial charge in [-0.1, -0.05) is 85.3 Å². The number of carbonyl (C=O) groups excluding carboxylic acids is 5. The number of hydrogen-bond acceptors (Lipinski definition) is 9. The molecule has 0 aliphatic carbocycles. The van der Waals surface area contributed by atoms with E-state index in [0.717, 1.165) is 22.0 Å². The molecule has 3 aromatic carbocycles. The van der Waals surface area contributed by atoms with Crippen LogP contribution >= 0.6 is 0 Å². The van der Waals surface area contributed by atoms with Crippen molar-refractivity contribution in [1.82, 2.24) is 29.4 Å². The number of Topliss-reactive ketones (excluding diaryl/α,β-unsaturated/α-hetero) is 3. The number of nitrogens with two attached hydrogens (primary N) is 3. The Hall–Kier alpha value is -6.71. The number of nitrogens with one attached hydrogen (secondary N) is 3. The summed E-state index contributed by atoms with van der Waals surface area (Å²) in [6, 6.07) is 23.0. The largest absolute Gasteiger partial charge is 0.369 e. The van der Waals surface area contributed by atoms with Gasteiger partial charge in [0, 0.05) is 77.8 Å². The minimum absolute atomic E-state index is 0.148. The van der Waals surface area contributed by atoms with Crippen molar-refractivity contribution >= 4 is 40.1 Å². The normalized spacial score (nSPS) is 13.8. The summed E-state index contributed by atoms with van der Waals surface area (Å²) < 4.78 is 2.76. The van der Waals surface area contributed by atoms with Crippen LogP contribution in [0.25, 0.3) is 22.2 Å². The van der Waals surface area contributed by atoms with Crippen LogP contribution in [-0.4, -0.2) is 71.9 Å². The number of unbranched alkanes of at least 4 members (excludes halogenated alkanes) is 1. The quantitative estimate of drug-likeness (QED) is 0.0476. The Morgan fingerprint density at radius 3 is 2.17 bits per heavy atom. The second kappa shape index (κ2) is 21.4. The fourth-order valence-electron chi connectivity index (χ4n) is 8.27. The highest BCUT2D eigenvalue weighted by molar-refractivity contribution is 5.94. The zero-order valence-electron chi connectivity index (χ0n) is 35.8. The topological polar surface area (TPSA) is 247 Å². The van der Waals surface area contributed by atoms with E-state index in [1.807, 2.05) is 91.1 Å². The number of aromatic amines is 2. The van der Waals surface area contributed by atoms with E-state index >= 15 is 0 Å². The maximum absolute atomic E-state index is 14.8. The molecule has 0 aliphatic heterocycles. The first-order valence-corrected chi connectivity index (χ1v) is 21.4. The first-order valence-electron chi connectivity index (χ1n) is 21.4. The standard InChI is InChI=1S/C48H57N9O6/c1-30(55-47(62)35(22-36-26-53-40-19-10-9-18-38(36)40)24-42(58)39(50)25-37-27-52-29-54-37)44(60)28-56-45(33-15-7-4-8-16-33)31(2)57(48(56)63)41(21-32-13-5-3-6-14-32)43(59)23-34(46(51)61)17-11-12-20-49/h3-10,13-16,18-19,26-27,29-30,34-35,39,41,53H,11-12,17,20-25,28,49-50H2,1-2H3,(H2,51,61)(H,52,54)(H,55,62)/t30-,34+,35-,39-,41?/m0/s1. The van der Waals surface area contributed by atoms with Crippen LogP contribution < -0.4 is 28.2 Å². The number of hydrogen-bond donors (Lipinski definition) is 6. The van der Waals surface area contributed by atoms with Crippen molar-refractivity contribution in [3.63, 3.8) is 0 Å². The number of amides is 2. The number of ketones is 3. The number of carbonyl (C=O) groups is 5. The molecule has 330 valence electrons. The summed E-state index contributed by atoms with van der Waals surface area (Å²) in [6.07, 6.45) is 6.77. The summed E-state index contributed by atoms with van der Waals surface area (Å²) in [4.78, 5) is 93.9. The van der Waals surface area contributed by atoms with Crippen molar-refractivity contribution in [2.24, 2.45) is 29.0 Å². The summed E-state index contributed by atoms with van der Waals surface area (Å²) in [5.74, 6) is -3.89. The highest BCUT2D eigenvalue weighted by atomic mass is 16.2. The van der Waals surface area contributed by atoms with Gasteiger partial charge in [-0.3, -0.25) is 33.1 Å². The van der Waals surface area contributed by atoms with Crippen LogP contribution in [-0.2, 0) is 49.8 Å². The number of benzene rings is 3. The van der Waals surface area contributed by atoms with E-state index in [2.05, 4.69) is 20.3 Å². The van der Waals surface area contributed by atoms with Crippen molar-refractivity contribution in [2.45, 2.75) is 89.9 Å². The van der Waals surface area contributed by atoms with Gasteiger partial charge in [-0.2, -0.15) is 0 Å². The van der Waals surface area contributed by atoms with Crippen molar-refractivity contribution in [3.05, 3.63) is 137 Å². The SMILES string of the molecule is Cc1c(-c2ccccc2)n(CC(=O)[C@H](C)NC(=O)[C@H](CC(=O)[C@@H](N)Cc2cnc[nH]2)Cc2c[nH]c3ccccc23)c(=O)n1C(Cc1ccccc1)C(=O)C[C@@H](CCCCN)C(N)=O. The number of aromatic nitrogens is 5. The van der Waals surface area contributed by atoms with Crippen LogP contribution in [0.15, 0.2) is 108 Å². The zero-order chi connectivity index (χ0) is 45.0. The van der Waals surface area contributed by atoms with Crippen molar-refractivity contribution in [3.8, 4) is 11.3 Å². The molecule has 63 heavy (non-hydrogen) atoms. The second-order valence-electron chi connectivity index (χ2n) is 16.3. The first-order chi connectivity index (χ1) is 30.4. The molecule has 6 rings (SSSR count). The Morgan fingerprint density at radius 2 is 1.49 bits per heavy atom. The predicted octanol–water partition coefficient (Wildman–Crippen LogP) is 4.27. The molecule has 2 amide bonds. The summed E-state index contributed by atoms with van der Waals surface area (Å²) in [5, 5.41) is 3.75. The first kappa shape index (κ1) is 45.8. The lowest BCUT2D eigenvalue weighted by atomic mass is 9.90. The molecule has 0 bridgehead atoms. The van der Waals surface area contributed by atoms with Gasteiger partial charge in [-0.05, 0) is 56.8 Å². The van der Waals surface area contributed by atoms with Gasteiger partial charge in [-0.25, -0.2) is 9.78 Å². The van der Waals surface area contributed by atoms with E-state index in [1.165, 1.54) is 15.5 Å². The van der Waals surface area contributed by atoms with Crippen molar-refractivity contribution in [1.29, 1.82) is 0 Å². The van der Waals surface area contributed by atoms with Gasteiger partial charge in [0.2, 0.25) is 11.8 Å². The third-order valence-corrected chi connectivity index (χ3v) is 11.8. The lowest BCUT2D eigenvalue weighted by Gasteiger charge is -2.21. The molecule has 0 aliphatic rings. The molecular weight excluding hydrogens is 799 g/mol. The van der Waals surface area contributed by atoms with Gasteiger partial charge in [0.05, 0.1) is 30.6 Å². The molecule has 3 heterocycles. The maximum Gasteiger partial charge on any atom is 0.329 e. The number of fused-ring (bicyclic) bond motifs is 1. The Bertz CT molecular complexity index is 2560. The van der Waals surface area contributed by atoms with Gasteiger partial charge < -0.3 is 32.5 Å². The summed E-state index contributed by atoms with van der Waals surface area (Å²) in [7, 11) is 0. The summed E-state index contributed by atoms with van der Waals surface area (Å²) >= 11 is 0. The molecular formula is C48H57N9O6. The van der Waals surface area contributed by atoms with Gasteiger partial charge in [0.15, 0.2) is 17.3 Å². The van der Waals surface area contributed by atoms with Gasteiger partial charge in [-0.15, -0.1) is 0 Å². The molecule has 6 aromatic rings. The molecule has 0 radical (unpaired) electrons. The Labute approximate surface area is 365 Å². The molecule has 0 saturated heterocycles. The molecule has 5 atom stereocenters. The second-order valence-corrected chi connectivity index (χ2v) is 16.3. The summed E-state index contributed by atoms with van der Waals surface area (Å²) in [6.45, 7) is 3.28. The molecule has 15 heteroatoms. The molecule has 15 nitrogen and oxygen atoms in total. The monoisotopic (exact) mass is 855 g/mol. The predicted molar refractivity (Wildman–Crippen MR) is 241 cm³/mol. The van der Waals surface area contributed by atoms with Crippen LogP contribution in [0.5, 0.6) is 0 Å². The van der Waals surface area contributed by atoms with Crippen molar-refractivity contribution < 1.29 is 24.0 Å². The number of primary amides is 1. The van der Waals surface area contributed by atoms with Gasteiger partial charge in [0.1, 0.15) is 6.04 Å². The van der Waals surface area contributed by atoms with E-state index < -0.39 is 59.8 Å². The van der Waals surface area contributed by atoms with Crippen LogP contribution in [0.4, 0.5) is 0 Å². The Morgan fingerprint density at radius 1 is 0.810 bits per heavy atom. The van der Waals surface area contributed by atoms with Crippen LogP contribution in [0.2, 0.25) is 0 Å². The Balaban J connectivity index is 1.29. The number of rotatable bonds is 24. The van der Waals surface area contributed by atoms with E-state index in [1.54, 1.807) is 20.0 Å². The minimum Gasteiger partial charge on any atom is -0.369 e. The minimum atomic E-state index is -1.08. The number of imidazole rings is 2. The maximum atomic E-state index is 14.8. The highest BCUT2D eigenvalue weighted by Gasteiger charge is 2.33. The van der Waals surface area contributed by atoms with Crippen LogP contribution in [0.1, 0.15) is 67.6 Å². The lowest BCUT2D eigenvalue weighted by Crippen LogP contribution is -2.46. The highest BCUT2D eigenvalue weighted by Crippen LogP contribution is 2.29. The van der Waals surface area contributed by atoms with Gasteiger partial charge in [0.25, 0.3) is 0 Å². The number of H-pyrrole nitrogens is 2. The average Bonchev–Trinajstić information content (AvgIpc) is 4.01. The van der Waals surface area contributed by atoms with Crippen LogP contribution in [0, 0.1) is 18.8 Å². The average molecular weight is 856 g/mol. The molecule has 0 spiro atoms. The van der Waals surface area contributed by atoms with Crippen LogP contribution in [0.3, 0.4) is 0 Å². The zero-order valence-corrected chi connectivity index (χ0v) is 35.8. The van der Waals surface area contributed by atoms with Crippen molar-refractivity contribution in [2.75, 3.05) is 6.54 Å². The van der Waals surface area contributed by atoms with E-state index in [-0.39, 0.29) is 43.7 Å². The summed E-state index contributed by atoms with van der Waals surface area (Å²) in [5.41, 5.74) is 21.9. The third-order valence-electron chi connectivity index (χ3n) is 11.8. The molecule has 3 aromatic heterocycles. The smallest absolute Gasteiger partial charge is 0.329 e. The van der Waals surface area contributed by atoms with Gasteiger partial charge >= 0.3 is 5.69 Å². The van der Waals surface area contributed by atoms with E-state index in [4.69, 9.17) is 17.2 Å². The fraction of sp³-hybridized carbons (Fsp3) is 0.354. The van der Waals surface area contributed by atoms with E-state index in [9.17, 15) is 28.8 Å². The number of nitrogens with zero attached hydrogens (tertiary/aromatic N) is 3. The lowest BCUT2D eigenvalue weighted by molar-refractivity contribution is -0.132. The third kappa shape index (κ3) is 11.4.